The van der Waals surface area contributed by atoms with E-state index in [2.05, 4.69) is 5.32 Å². The molecule has 0 spiro atoms. The molecule has 1 amide bonds. The highest BCUT2D eigenvalue weighted by Crippen LogP contribution is 2.27. The van der Waals surface area contributed by atoms with E-state index in [-0.39, 0.29) is 22.5 Å². The molecule has 0 aliphatic rings. The van der Waals surface area contributed by atoms with Gasteiger partial charge in [0.25, 0.3) is 5.69 Å². The normalized spacial score (nSPS) is 12.1. The van der Waals surface area contributed by atoms with E-state index in [1.54, 1.807) is 17.7 Å². The molecule has 1 N–H and O–H groups in total. The van der Waals surface area contributed by atoms with Crippen LogP contribution in [0.1, 0.15) is 45.4 Å². The van der Waals surface area contributed by atoms with Crippen LogP contribution in [0.4, 0.5) is 11.5 Å². The van der Waals surface area contributed by atoms with Crippen LogP contribution >= 0.6 is 0 Å². The smallest absolute Gasteiger partial charge is 0.269 e. The highest BCUT2D eigenvalue weighted by molar-refractivity contribution is 7.89. The first-order valence-electron chi connectivity index (χ1n) is 11.5. The molecule has 2 aromatic carbocycles. The molecule has 0 unspecified atom stereocenters. The van der Waals surface area contributed by atoms with Gasteiger partial charge >= 0.3 is 0 Å². The van der Waals surface area contributed by atoms with E-state index in [4.69, 9.17) is 5.10 Å². The van der Waals surface area contributed by atoms with Gasteiger partial charge in [-0.15, -0.1) is 0 Å². The Kier molecular flexibility index (Phi) is 7.95. The van der Waals surface area contributed by atoms with Gasteiger partial charge in [-0.3, -0.25) is 14.9 Å². The number of amides is 1. The van der Waals surface area contributed by atoms with E-state index >= 15 is 0 Å². The monoisotopic (exact) mass is 513 g/mol. The fourth-order valence-corrected chi connectivity index (χ4v) is 5.05. The summed E-state index contributed by atoms with van der Waals surface area (Å²) in [5, 5.41) is 18.4. The zero-order chi connectivity index (χ0) is 26.7. The van der Waals surface area contributed by atoms with E-state index in [1.165, 1.54) is 12.1 Å². The Morgan fingerprint density at radius 1 is 1.14 bits per heavy atom. The number of nitro benzene ring substituents is 1. The van der Waals surface area contributed by atoms with Crippen molar-refractivity contribution >= 4 is 27.4 Å². The van der Waals surface area contributed by atoms with E-state index in [1.807, 2.05) is 52.0 Å². The van der Waals surface area contributed by atoms with Crippen LogP contribution in [-0.4, -0.2) is 46.4 Å². The largest absolute Gasteiger partial charge is 0.309 e. The summed E-state index contributed by atoms with van der Waals surface area (Å²) in [5.74, 6) is -0.0945. The van der Waals surface area contributed by atoms with Crippen LogP contribution < -0.4 is 5.32 Å². The number of hydrogen-bond acceptors (Lipinski definition) is 6. The maximum atomic E-state index is 13.2. The van der Waals surface area contributed by atoms with Gasteiger partial charge < -0.3 is 5.32 Å². The van der Waals surface area contributed by atoms with Crippen LogP contribution in [0.5, 0.6) is 0 Å². The number of anilines is 1. The molecule has 0 bridgehead atoms. The fourth-order valence-electron chi connectivity index (χ4n) is 3.56. The fraction of sp³-hybridized carbons (Fsp3) is 0.360. The molecule has 0 aliphatic heterocycles. The maximum Gasteiger partial charge on any atom is 0.269 e. The minimum Gasteiger partial charge on any atom is -0.309 e. The summed E-state index contributed by atoms with van der Waals surface area (Å²) in [6, 6.07) is 14.1. The zero-order valence-corrected chi connectivity index (χ0v) is 21.9. The first kappa shape index (κ1) is 27.0. The van der Waals surface area contributed by atoms with E-state index in [9.17, 15) is 23.3 Å². The number of aryl methyl sites for hydroxylation is 1. The van der Waals surface area contributed by atoms with Gasteiger partial charge in [-0.25, -0.2) is 13.1 Å². The van der Waals surface area contributed by atoms with Crippen molar-refractivity contribution in [3.63, 3.8) is 0 Å². The van der Waals surface area contributed by atoms with Crippen LogP contribution in [0.25, 0.3) is 5.69 Å². The lowest BCUT2D eigenvalue weighted by atomic mass is 9.92. The zero-order valence-electron chi connectivity index (χ0n) is 21.1. The molecule has 0 fully saturated rings. The number of nitrogens with zero attached hydrogens (tertiary/aromatic N) is 4. The van der Waals surface area contributed by atoms with Crippen molar-refractivity contribution in [2.24, 2.45) is 0 Å². The van der Waals surface area contributed by atoms with Gasteiger partial charge in [-0.2, -0.15) is 9.40 Å². The molecule has 0 saturated carbocycles. The third kappa shape index (κ3) is 6.16. The molecule has 0 aliphatic carbocycles. The Hall–Kier alpha value is -3.57. The summed E-state index contributed by atoms with van der Waals surface area (Å²) in [5.41, 5.74) is 2.07. The first-order valence-corrected chi connectivity index (χ1v) is 13.0. The Labute approximate surface area is 211 Å². The van der Waals surface area contributed by atoms with Crippen molar-refractivity contribution < 1.29 is 18.1 Å². The van der Waals surface area contributed by atoms with Gasteiger partial charge in [-0.05, 0) is 43.2 Å². The molecule has 3 rings (SSSR count). The molecule has 3 aromatic rings. The van der Waals surface area contributed by atoms with Gasteiger partial charge in [0.05, 0.1) is 27.7 Å². The van der Waals surface area contributed by atoms with Crippen molar-refractivity contribution in [2.75, 3.05) is 18.4 Å². The third-order valence-corrected chi connectivity index (χ3v) is 7.33. The van der Waals surface area contributed by atoms with Crippen LogP contribution in [0.15, 0.2) is 59.5 Å². The molecular formula is C25H31N5O5S. The van der Waals surface area contributed by atoms with E-state index in [0.29, 0.717) is 12.2 Å². The number of hydrogen-bond donors (Lipinski definition) is 1. The van der Waals surface area contributed by atoms with E-state index in [0.717, 1.165) is 33.4 Å². The highest BCUT2D eigenvalue weighted by atomic mass is 32.2. The molecule has 36 heavy (non-hydrogen) atoms. The average Bonchev–Trinajstić information content (AvgIpc) is 3.23. The van der Waals surface area contributed by atoms with Crippen molar-refractivity contribution in [2.45, 2.75) is 51.3 Å². The maximum absolute atomic E-state index is 13.2. The molecule has 0 radical (unpaired) electrons. The van der Waals surface area contributed by atoms with Crippen molar-refractivity contribution in [3.05, 3.63) is 76.0 Å². The Balaban J connectivity index is 1.89. The molecule has 10 nitrogen and oxygen atoms in total. The second kappa shape index (κ2) is 10.6. The Bertz CT molecular complexity index is 1360. The summed E-state index contributed by atoms with van der Waals surface area (Å²) < 4.78 is 29.1. The number of aromatic nitrogens is 2. The van der Waals surface area contributed by atoms with Gasteiger partial charge in [0.1, 0.15) is 5.82 Å². The molecule has 11 heteroatoms. The standard InChI is InChI=1S/C25H31N5O5S/c1-6-14-28(36(34,35)21-12-10-19(11-13-21)30(32)33)17-24(31)26-23-16-22(25(3,4)5)27-29(23)20-9-7-8-18(2)15-20/h7-13,15-16H,6,14,17H2,1-5H3,(H,26,31). The summed E-state index contributed by atoms with van der Waals surface area (Å²) in [6.45, 7) is 9.50. The first-order chi connectivity index (χ1) is 16.8. The Morgan fingerprint density at radius 2 is 1.81 bits per heavy atom. The minimum absolute atomic E-state index is 0.108. The second-order valence-corrected chi connectivity index (χ2v) is 11.5. The lowest BCUT2D eigenvalue weighted by molar-refractivity contribution is -0.384. The lowest BCUT2D eigenvalue weighted by Crippen LogP contribution is -2.38. The quantitative estimate of drug-likeness (QED) is 0.333. The minimum atomic E-state index is -4.05. The average molecular weight is 514 g/mol. The topological polar surface area (TPSA) is 127 Å². The van der Waals surface area contributed by atoms with Gasteiger partial charge in [-0.1, -0.05) is 39.8 Å². The molecular weight excluding hydrogens is 482 g/mol. The number of benzene rings is 2. The summed E-state index contributed by atoms with van der Waals surface area (Å²) in [7, 11) is -4.05. The number of carbonyl (C=O) groups excluding carboxylic acids is 1. The van der Waals surface area contributed by atoms with E-state index < -0.39 is 27.4 Å². The SMILES string of the molecule is CCCN(CC(=O)Nc1cc(C(C)(C)C)nn1-c1cccc(C)c1)S(=O)(=O)c1ccc([N+](=O)[O-])cc1. The van der Waals surface area contributed by atoms with Gasteiger partial charge in [0.15, 0.2) is 0 Å². The van der Waals surface area contributed by atoms with Crippen molar-refractivity contribution in [1.82, 2.24) is 14.1 Å². The molecule has 192 valence electrons. The number of rotatable bonds is 9. The van der Waals surface area contributed by atoms with Gasteiger partial charge in [0.2, 0.25) is 15.9 Å². The molecule has 0 atom stereocenters. The summed E-state index contributed by atoms with van der Waals surface area (Å²) in [6.07, 6.45) is 0.481. The lowest BCUT2D eigenvalue weighted by Gasteiger charge is -2.21. The van der Waals surface area contributed by atoms with Gasteiger partial charge in [0, 0.05) is 30.2 Å². The number of non-ortho nitro benzene ring substituents is 1. The third-order valence-electron chi connectivity index (χ3n) is 5.47. The highest BCUT2D eigenvalue weighted by Gasteiger charge is 2.28. The van der Waals surface area contributed by atoms with Crippen LogP contribution in [0.2, 0.25) is 0 Å². The number of carbonyl (C=O) groups is 1. The molecule has 1 heterocycles. The second-order valence-electron chi connectivity index (χ2n) is 9.55. The number of sulfonamides is 1. The summed E-state index contributed by atoms with van der Waals surface area (Å²) >= 11 is 0. The predicted molar refractivity (Wildman–Crippen MR) is 138 cm³/mol. The van der Waals surface area contributed by atoms with Crippen molar-refractivity contribution in [3.8, 4) is 5.69 Å². The van der Waals surface area contributed by atoms with Crippen LogP contribution in [0, 0.1) is 17.0 Å². The molecule has 1 aromatic heterocycles. The van der Waals surface area contributed by atoms with Crippen molar-refractivity contribution in [1.29, 1.82) is 0 Å². The van der Waals surface area contributed by atoms with Crippen LogP contribution in [0.3, 0.4) is 0 Å². The molecule has 0 saturated heterocycles. The predicted octanol–water partition coefficient (Wildman–Crippen LogP) is 4.43. The Morgan fingerprint density at radius 3 is 2.36 bits per heavy atom. The summed E-state index contributed by atoms with van der Waals surface area (Å²) in [4.78, 5) is 23.3. The number of nitrogens with one attached hydrogen (secondary N) is 1. The number of nitro groups is 1. The van der Waals surface area contributed by atoms with Crippen LogP contribution in [-0.2, 0) is 20.2 Å².